The maximum atomic E-state index is 5.94. The maximum absolute atomic E-state index is 5.94. The second-order valence-corrected chi connectivity index (χ2v) is 10.8. The van der Waals surface area contributed by atoms with Crippen LogP contribution in [0.3, 0.4) is 0 Å². The lowest BCUT2D eigenvalue weighted by Gasteiger charge is -2.24. The van der Waals surface area contributed by atoms with Crippen molar-refractivity contribution in [1.82, 2.24) is 9.80 Å². The summed E-state index contributed by atoms with van der Waals surface area (Å²) in [6.07, 6.45) is 4.52. The summed E-state index contributed by atoms with van der Waals surface area (Å²) in [5, 5.41) is 0. The van der Waals surface area contributed by atoms with Crippen molar-refractivity contribution in [2.75, 3.05) is 33.4 Å². The Hall–Kier alpha value is -4.35. The highest BCUT2D eigenvalue weighted by Gasteiger charge is 2.14. The molecular weight excluding hydrogens is 542 g/mol. The predicted octanol–water partition coefficient (Wildman–Crippen LogP) is 8.71. The standard InChI is InChI=1S/C39H47N3O2/c1-5-8-27-41(4)39(35-22-16-11-17-23-35)40-36(34-20-14-10-15-21-34)26-28-42(30-32-18-12-9-13-19-32)31-33-24-25-37(43-6-2)38(29-33)44-7-3/h9-26,29H,5-8,27-28,30-31H2,1-4H3/b36-26+,40-39?. The Morgan fingerprint density at radius 2 is 1.27 bits per heavy atom. The van der Waals surface area contributed by atoms with Crippen molar-refractivity contribution in [3.63, 3.8) is 0 Å². The monoisotopic (exact) mass is 589 g/mol. The zero-order valence-corrected chi connectivity index (χ0v) is 26.8. The summed E-state index contributed by atoms with van der Waals surface area (Å²) < 4.78 is 11.8. The summed E-state index contributed by atoms with van der Waals surface area (Å²) >= 11 is 0. The summed E-state index contributed by atoms with van der Waals surface area (Å²) in [4.78, 5) is 10.1. The third-order valence-corrected chi connectivity index (χ3v) is 7.34. The summed E-state index contributed by atoms with van der Waals surface area (Å²) in [6, 6.07) is 38.0. The largest absolute Gasteiger partial charge is 0.490 e. The molecule has 0 aliphatic carbocycles. The molecule has 0 unspecified atom stereocenters. The van der Waals surface area contributed by atoms with Gasteiger partial charge in [0.2, 0.25) is 0 Å². The van der Waals surface area contributed by atoms with Crippen molar-refractivity contribution < 1.29 is 9.47 Å². The van der Waals surface area contributed by atoms with Crippen LogP contribution in [0.1, 0.15) is 55.9 Å². The number of ether oxygens (including phenoxy) is 2. The highest BCUT2D eigenvalue weighted by atomic mass is 16.5. The van der Waals surface area contributed by atoms with Gasteiger partial charge in [-0.3, -0.25) is 4.90 Å². The minimum atomic E-state index is 0.592. The van der Waals surface area contributed by atoms with Gasteiger partial charge in [0.25, 0.3) is 0 Å². The minimum absolute atomic E-state index is 0.592. The highest BCUT2D eigenvalue weighted by molar-refractivity contribution is 6.01. The van der Waals surface area contributed by atoms with Crippen molar-refractivity contribution in [2.24, 2.45) is 4.99 Å². The average Bonchev–Trinajstić information content (AvgIpc) is 3.06. The molecule has 5 heteroatoms. The van der Waals surface area contributed by atoms with Crippen LogP contribution in [0.25, 0.3) is 5.70 Å². The number of unbranched alkanes of at least 4 members (excludes halogenated alkanes) is 1. The summed E-state index contributed by atoms with van der Waals surface area (Å²) in [5.74, 6) is 2.56. The van der Waals surface area contributed by atoms with Crippen LogP contribution < -0.4 is 9.47 Å². The van der Waals surface area contributed by atoms with Crippen molar-refractivity contribution in [3.05, 3.63) is 138 Å². The van der Waals surface area contributed by atoms with E-state index in [0.717, 1.165) is 73.2 Å². The average molecular weight is 590 g/mol. The van der Waals surface area contributed by atoms with Crippen LogP contribution in [0.15, 0.2) is 120 Å². The fourth-order valence-electron chi connectivity index (χ4n) is 5.10. The van der Waals surface area contributed by atoms with Gasteiger partial charge in [-0.25, -0.2) is 4.99 Å². The van der Waals surface area contributed by atoms with Crippen molar-refractivity contribution >= 4 is 11.5 Å². The topological polar surface area (TPSA) is 37.3 Å². The zero-order chi connectivity index (χ0) is 31.0. The molecule has 0 saturated heterocycles. The first kappa shape index (κ1) is 32.6. The normalized spacial score (nSPS) is 11.9. The molecule has 5 nitrogen and oxygen atoms in total. The highest BCUT2D eigenvalue weighted by Crippen LogP contribution is 2.29. The lowest BCUT2D eigenvalue weighted by Crippen LogP contribution is -2.29. The molecule has 0 spiro atoms. The van der Waals surface area contributed by atoms with E-state index in [1.165, 1.54) is 11.1 Å². The molecule has 44 heavy (non-hydrogen) atoms. The van der Waals surface area contributed by atoms with Crippen LogP contribution in [-0.4, -0.2) is 49.0 Å². The van der Waals surface area contributed by atoms with E-state index in [2.05, 4.69) is 133 Å². The Balaban J connectivity index is 1.72. The molecule has 0 aliphatic rings. The third kappa shape index (κ3) is 9.85. The van der Waals surface area contributed by atoms with Crippen molar-refractivity contribution in [3.8, 4) is 11.5 Å². The van der Waals surface area contributed by atoms with E-state index in [0.29, 0.717) is 13.2 Å². The van der Waals surface area contributed by atoms with Crippen LogP contribution in [-0.2, 0) is 13.1 Å². The molecule has 4 aromatic rings. The molecule has 0 radical (unpaired) electrons. The van der Waals surface area contributed by atoms with Gasteiger partial charge in [-0.05, 0) is 55.2 Å². The molecule has 4 aromatic carbocycles. The zero-order valence-electron chi connectivity index (χ0n) is 26.8. The predicted molar refractivity (Wildman–Crippen MR) is 184 cm³/mol. The van der Waals surface area contributed by atoms with Crippen LogP contribution in [0.4, 0.5) is 0 Å². The van der Waals surface area contributed by atoms with Gasteiger partial charge in [-0.1, -0.05) is 110 Å². The van der Waals surface area contributed by atoms with E-state index in [1.807, 2.05) is 19.9 Å². The molecule has 0 atom stereocenters. The van der Waals surface area contributed by atoms with E-state index >= 15 is 0 Å². The molecular formula is C39H47N3O2. The molecule has 0 aliphatic heterocycles. The van der Waals surface area contributed by atoms with Gasteiger partial charge >= 0.3 is 0 Å². The van der Waals surface area contributed by atoms with E-state index in [1.54, 1.807) is 0 Å². The summed E-state index contributed by atoms with van der Waals surface area (Å²) in [7, 11) is 2.15. The Kier molecular flexibility index (Phi) is 13.1. The second kappa shape index (κ2) is 17.7. The molecule has 0 heterocycles. The van der Waals surface area contributed by atoms with Crippen LogP contribution >= 0.6 is 0 Å². The molecule has 230 valence electrons. The van der Waals surface area contributed by atoms with Gasteiger partial charge in [0.15, 0.2) is 11.5 Å². The maximum Gasteiger partial charge on any atom is 0.161 e. The summed E-state index contributed by atoms with van der Waals surface area (Å²) in [5.41, 5.74) is 5.63. The Morgan fingerprint density at radius 1 is 0.682 bits per heavy atom. The molecule has 4 rings (SSSR count). The minimum Gasteiger partial charge on any atom is -0.490 e. The third-order valence-electron chi connectivity index (χ3n) is 7.34. The lowest BCUT2D eigenvalue weighted by molar-refractivity contribution is 0.278. The molecule has 0 aromatic heterocycles. The summed E-state index contributed by atoms with van der Waals surface area (Å²) in [6.45, 7) is 10.7. The van der Waals surface area contributed by atoms with Gasteiger partial charge in [0.1, 0.15) is 5.84 Å². The Bertz CT molecular complexity index is 1450. The fourth-order valence-corrected chi connectivity index (χ4v) is 5.10. The number of amidine groups is 1. The van der Waals surface area contributed by atoms with Crippen LogP contribution in [0.5, 0.6) is 11.5 Å². The van der Waals surface area contributed by atoms with Gasteiger partial charge in [-0.2, -0.15) is 0 Å². The van der Waals surface area contributed by atoms with Crippen LogP contribution in [0.2, 0.25) is 0 Å². The van der Waals surface area contributed by atoms with Gasteiger partial charge < -0.3 is 14.4 Å². The number of aliphatic imine (C=N–C) groups is 1. The number of nitrogens with zero attached hydrogens (tertiary/aromatic N) is 3. The van der Waals surface area contributed by atoms with E-state index in [9.17, 15) is 0 Å². The SMILES string of the molecule is CCCCN(C)C(=N/C(=C/CN(Cc1ccccc1)Cc1ccc(OCC)c(OCC)c1)c1ccccc1)c1ccccc1. The number of hydrogen-bond acceptors (Lipinski definition) is 4. The van der Waals surface area contributed by atoms with E-state index < -0.39 is 0 Å². The number of rotatable bonds is 16. The van der Waals surface area contributed by atoms with Crippen molar-refractivity contribution in [2.45, 2.75) is 46.7 Å². The van der Waals surface area contributed by atoms with E-state index in [-0.39, 0.29) is 0 Å². The van der Waals surface area contributed by atoms with Crippen LogP contribution in [0, 0.1) is 0 Å². The molecule has 0 amide bonds. The molecule has 0 saturated carbocycles. The molecule has 0 fully saturated rings. The van der Waals surface area contributed by atoms with Gasteiger partial charge in [-0.15, -0.1) is 0 Å². The number of benzene rings is 4. The smallest absolute Gasteiger partial charge is 0.161 e. The second-order valence-electron chi connectivity index (χ2n) is 10.8. The fraction of sp³-hybridized carbons (Fsp3) is 0.308. The molecule has 0 N–H and O–H groups in total. The molecule has 0 bridgehead atoms. The quantitative estimate of drug-likeness (QED) is 0.0968. The first-order valence-corrected chi connectivity index (χ1v) is 15.9. The van der Waals surface area contributed by atoms with Gasteiger partial charge in [0, 0.05) is 38.8 Å². The number of hydrogen-bond donors (Lipinski definition) is 0. The van der Waals surface area contributed by atoms with Crippen molar-refractivity contribution in [1.29, 1.82) is 0 Å². The first-order valence-electron chi connectivity index (χ1n) is 15.9. The first-order chi connectivity index (χ1) is 21.6. The Morgan fingerprint density at radius 3 is 1.91 bits per heavy atom. The Labute approximate surface area is 264 Å². The van der Waals surface area contributed by atoms with Gasteiger partial charge in [0.05, 0.1) is 18.9 Å². The lowest BCUT2D eigenvalue weighted by atomic mass is 10.1. The van der Waals surface area contributed by atoms with E-state index in [4.69, 9.17) is 14.5 Å².